The first kappa shape index (κ1) is 11.9. The standard InChI is InChI=1S/C13H15N5O/c1-2-13(12-15-5-6-16-12)8-9-7-10(17-18-14)3-4-11(9)19-13/h3-4,7H,2,5-6,8H2,1H3,(H,15,16)/t13-/m0/s1. The van der Waals surface area contributed by atoms with Crippen molar-refractivity contribution in [2.45, 2.75) is 25.4 Å². The van der Waals surface area contributed by atoms with E-state index >= 15 is 0 Å². The number of hydrogen-bond donors (Lipinski definition) is 1. The quantitative estimate of drug-likeness (QED) is 0.513. The molecule has 1 aromatic rings. The molecule has 0 fully saturated rings. The second-order valence-electron chi connectivity index (χ2n) is 4.77. The molecule has 2 aliphatic rings. The summed E-state index contributed by atoms with van der Waals surface area (Å²) in [6.07, 6.45) is 1.61. The van der Waals surface area contributed by atoms with Crippen molar-refractivity contribution < 1.29 is 4.74 Å². The zero-order valence-electron chi connectivity index (χ0n) is 10.8. The van der Waals surface area contributed by atoms with Crippen LogP contribution in [0.3, 0.4) is 0 Å². The van der Waals surface area contributed by atoms with E-state index in [0.29, 0.717) is 5.69 Å². The first-order chi connectivity index (χ1) is 9.27. The molecule has 0 radical (unpaired) electrons. The van der Waals surface area contributed by atoms with Crippen LogP contribution in [0.4, 0.5) is 5.69 Å². The van der Waals surface area contributed by atoms with E-state index in [1.165, 1.54) is 0 Å². The zero-order valence-corrected chi connectivity index (χ0v) is 10.8. The predicted molar refractivity (Wildman–Crippen MR) is 72.9 cm³/mol. The highest BCUT2D eigenvalue weighted by atomic mass is 16.5. The minimum atomic E-state index is -0.381. The van der Waals surface area contributed by atoms with E-state index in [0.717, 1.165) is 43.1 Å². The van der Waals surface area contributed by atoms with Crippen molar-refractivity contribution in [1.82, 2.24) is 5.32 Å². The van der Waals surface area contributed by atoms with E-state index in [-0.39, 0.29) is 5.60 Å². The molecule has 0 aromatic heterocycles. The number of fused-ring (bicyclic) bond motifs is 1. The van der Waals surface area contributed by atoms with Gasteiger partial charge in [0.05, 0.1) is 6.54 Å². The number of aliphatic imine (C=N–C) groups is 1. The molecule has 19 heavy (non-hydrogen) atoms. The summed E-state index contributed by atoms with van der Waals surface area (Å²) in [5.41, 5.74) is 9.80. The fourth-order valence-corrected chi connectivity index (χ4v) is 2.67. The summed E-state index contributed by atoms with van der Waals surface area (Å²) in [7, 11) is 0. The molecule has 98 valence electrons. The van der Waals surface area contributed by atoms with Crippen LogP contribution in [0, 0.1) is 0 Å². The van der Waals surface area contributed by atoms with Crippen molar-refractivity contribution in [2.24, 2.45) is 10.1 Å². The largest absolute Gasteiger partial charge is 0.479 e. The molecule has 0 aliphatic carbocycles. The van der Waals surface area contributed by atoms with Crippen LogP contribution in [0.5, 0.6) is 5.75 Å². The highest BCUT2D eigenvalue weighted by Crippen LogP contribution is 2.39. The Morgan fingerprint density at radius 3 is 3.16 bits per heavy atom. The van der Waals surface area contributed by atoms with Crippen LogP contribution in [0.15, 0.2) is 28.3 Å². The number of benzene rings is 1. The summed E-state index contributed by atoms with van der Waals surface area (Å²) in [5, 5.41) is 6.94. The van der Waals surface area contributed by atoms with Gasteiger partial charge >= 0.3 is 0 Å². The van der Waals surface area contributed by atoms with Crippen LogP contribution < -0.4 is 10.1 Å². The first-order valence-corrected chi connectivity index (χ1v) is 6.43. The van der Waals surface area contributed by atoms with Gasteiger partial charge in [-0.15, -0.1) is 0 Å². The maximum atomic E-state index is 8.49. The van der Waals surface area contributed by atoms with Crippen LogP contribution in [0.1, 0.15) is 18.9 Å². The molecule has 1 aromatic carbocycles. The predicted octanol–water partition coefficient (Wildman–Crippen LogP) is 2.71. The van der Waals surface area contributed by atoms with Crippen LogP contribution in [0.25, 0.3) is 10.4 Å². The van der Waals surface area contributed by atoms with Crippen LogP contribution in [0.2, 0.25) is 0 Å². The minimum Gasteiger partial charge on any atom is -0.479 e. The second kappa shape index (κ2) is 4.48. The van der Waals surface area contributed by atoms with Gasteiger partial charge in [0, 0.05) is 23.6 Å². The van der Waals surface area contributed by atoms with Gasteiger partial charge in [0.25, 0.3) is 0 Å². The zero-order chi connectivity index (χ0) is 13.3. The van der Waals surface area contributed by atoms with Crippen molar-refractivity contribution in [1.29, 1.82) is 0 Å². The SMILES string of the molecule is CC[C@@]1(C2=NCCN2)Cc2cc(N=[N+]=[N-])ccc2O1. The summed E-state index contributed by atoms with van der Waals surface area (Å²) in [5.74, 6) is 1.80. The van der Waals surface area contributed by atoms with E-state index in [1.54, 1.807) is 6.07 Å². The van der Waals surface area contributed by atoms with Gasteiger partial charge in [0.15, 0.2) is 5.60 Å². The molecular formula is C13H15N5O. The molecule has 2 heterocycles. The molecule has 6 nitrogen and oxygen atoms in total. The third-order valence-corrected chi connectivity index (χ3v) is 3.66. The Balaban J connectivity index is 1.95. The second-order valence-corrected chi connectivity index (χ2v) is 4.77. The lowest BCUT2D eigenvalue weighted by molar-refractivity contribution is 0.162. The third-order valence-electron chi connectivity index (χ3n) is 3.66. The Morgan fingerprint density at radius 1 is 1.58 bits per heavy atom. The molecule has 2 aliphatic heterocycles. The lowest BCUT2D eigenvalue weighted by atomic mass is 9.93. The number of nitrogens with zero attached hydrogens (tertiary/aromatic N) is 4. The molecule has 0 unspecified atom stereocenters. The normalized spacial score (nSPS) is 23.9. The van der Waals surface area contributed by atoms with Gasteiger partial charge < -0.3 is 10.1 Å². The van der Waals surface area contributed by atoms with Crippen molar-refractivity contribution in [3.05, 3.63) is 34.2 Å². The van der Waals surface area contributed by atoms with E-state index in [4.69, 9.17) is 10.3 Å². The van der Waals surface area contributed by atoms with Crippen LogP contribution >= 0.6 is 0 Å². The molecule has 1 atom stereocenters. The topological polar surface area (TPSA) is 82.4 Å². The van der Waals surface area contributed by atoms with E-state index in [1.807, 2.05) is 12.1 Å². The van der Waals surface area contributed by atoms with Crippen molar-refractivity contribution >= 4 is 11.5 Å². The molecular weight excluding hydrogens is 242 g/mol. The highest BCUT2D eigenvalue weighted by Gasteiger charge is 2.43. The van der Waals surface area contributed by atoms with Gasteiger partial charge in [0.2, 0.25) is 0 Å². The summed E-state index contributed by atoms with van der Waals surface area (Å²) in [6.45, 7) is 3.78. The summed E-state index contributed by atoms with van der Waals surface area (Å²) in [4.78, 5) is 7.31. The van der Waals surface area contributed by atoms with Crippen LogP contribution in [-0.4, -0.2) is 24.5 Å². The average Bonchev–Trinajstić information content (AvgIpc) is 3.06. The molecule has 6 heteroatoms. The Labute approximate surface area is 111 Å². The Kier molecular flexibility index (Phi) is 2.80. The molecule has 0 saturated carbocycles. The molecule has 3 rings (SSSR count). The van der Waals surface area contributed by atoms with Crippen LogP contribution in [-0.2, 0) is 6.42 Å². The van der Waals surface area contributed by atoms with Gasteiger partial charge in [-0.25, -0.2) is 0 Å². The lowest BCUT2D eigenvalue weighted by Gasteiger charge is -2.27. The number of amidine groups is 1. The number of ether oxygens (including phenoxy) is 1. The van der Waals surface area contributed by atoms with Gasteiger partial charge in [-0.2, -0.15) is 0 Å². The fraction of sp³-hybridized carbons (Fsp3) is 0.462. The molecule has 1 N–H and O–H groups in total. The third kappa shape index (κ3) is 1.90. The molecule has 0 spiro atoms. The first-order valence-electron chi connectivity index (χ1n) is 6.43. The Morgan fingerprint density at radius 2 is 2.47 bits per heavy atom. The lowest BCUT2D eigenvalue weighted by Crippen LogP contribution is -2.48. The number of azide groups is 1. The van der Waals surface area contributed by atoms with Crippen molar-refractivity contribution in [3.8, 4) is 5.75 Å². The monoisotopic (exact) mass is 257 g/mol. The van der Waals surface area contributed by atoms with Gasteiger partial charge in [0.1, 0.15) is 11.6 Å². The molecule has 0 saturated heterocycles. The van der Waals surface area contributed by atoms with Gasteiger partial charge in [-0.05, 0) is 35.7 Å². The van der Waals surface area contributed by atoms with E-state index in [2.05, 4.69) is 27.3 Å². The van der Waals surface area contributed by atoms with Gasteiger partial charge in [-0.1, -0.05) is 12.0 Å². The number of nitrogens with one attached hydrogen (secondary N) is 1. The average molecular weight is 257 g/mol. The highest BCUT2D eigenvalue weighted by molar-refractivity contribution is 5.93. The molecule has 0 bridgehead atoms. The fourth-order valence-electron chi connectivity index (χ4n) is 2.67. The maximum absolute atomic E-state index is 8.49. The number of hydrogen-bond acceptors (Lipinski definition) is 4. The summed E-state index contributed by atoms with van der Waals surface area (Å²) in [6, 6.07) is 5.53. The maximum Gasteiger partial charge on any atom is 0.169 e. The molecule has 0 amide bonds. The Bertz CT molecular complexity index is 591. The van der Waals surface area contributed by atoms with Gasteiger partial charge in [-0.3, -0.25) is 4.99 Å². The summed E-state index contributed by atoms with van der Waals surface area (Å²) >= 11 is 0. The van der Waals surface area contributed by atoms with Crippen molar-refractivity contribution in [3.63, 3.8) is 0 Å². The number of rotatable bonds is 3. The Hall–Kier alpha value is -2.20. The van der Waals surface area contributed by atoms with E-state index < -0.39 is 0 Å². The minimum absolute atomic E-state index is 0.381. The summed E-state index contributed by atoms with van der Waals surface area (Å²) < 4.78 is 6.13. The van der Waals surface area contributed by atoms with Crippen molar-refractivity contribution in [2.75, 3.05) is 13.1 Å². The van der Waals surface area contributed by atoms with E-state index in [9.17, 15) is 0 Å². The smallest absolute Gasteiger partial charge is 0.169 e.